The van der Waals surface area contributed by atoms with E-state index in [-0.39, 0.29) is 0 Å². The van der Waals surface area contributed by atoms with Crippen molar-refractivity contribution >= 4 is 36.7 Å². The third kappa shape index (κ3) is 3.10. The Morgan fingerprint density at radius 2 is 1.78 bits per heavy atom. The van der Waals surface area contributed by atoms with Gasteiger partial charge in [-0.1, -0.05) is 46.3 Å². The van der Waals surface area contributed by atoms with Crippen LogP contribution in [0.2, 0.25) is 0 Å². The van der Waals surface area contributed by atoms with E-state index in [1.54, 1.807) is 12.1 Å². The minimum absolute atomic E-state index is 0.316. The van der Waals surface area contributed by atoms with Crippen molar-refractivity contribution in [1.82, 2.24) is 4.72 Å². The summed E-state index contributed by atoms with van der Waals surface area (Å²) in [5.74, 6) is 0. The predicted molar refractivity (Wildman–Crippen MR) is 77.5 cm³/mol. The summed E-state index contributed by atoms with van der Waals surface area (Å²) < 4.78 is 26.6. The average Bonchev–Trinajstić information content (AvgIpc) is 2.38. The van der Waals surface area contributed by atoms with Gasteiger partial charge in [-0.25, -0.2) is 13.1 Å². The van der Waals surface area contributed by atoms with Gasteiger partial charge in [0.2, 0.25) is 10.0 Å². The van der Waals surface area contributed by atoms with Gasteiger partial charge in [-0.2, -0.15) is 0 Å². The minimum Gasteiger partial charge on any atom is -0.211 e. The van der Waals surface area contributed by atoms with E-state index >= 15 is 0 Å². The van der Waals surface area contributed by atoms with Gasteiger partial charge in [0.25, 0.3) is 0 Å². The molecule has 18 heavy (non-hydrogen) atoms. The van der Waals surface area contributed by atoms with Crippen LogP contribution in [-0.4, -0.2) is 20.3 Å². The highest BCUT2D eigenvalue weighted by molar-refractivity contribution is 9.09. The molecule has 2 rings (SSSR count). The van der Waals surface area contributed by atoms with Crippen LogP contribution in [0.3, 0.4) is 0 Å². The Bertz CT molecular complexity index is 640. The molecule has 0 aliphatic heterocycles. The number of fused-ring (bicyclic) bond motifs is 1. The highest BCUT2D eigenvalue weighted by Gasteiger charge is 2.13. The lowest BCUT2D eigenvalue weighted by Gasteiger charge is -2.07. The van der Waals surface area contributed by atoms with E-state index in [0.717, 1.165) is 22.5 Å². The minimum atomic E-state index is -3.39. The summed E-state index contributed by atoms with van der Waals surface area (Å²) in [6.07, 6.45) is 0.771. The molecule has 0 radical (unpaired) electrons. The lowest BCUT2D eigenvalue weighted by molar-refractivity contribution is 0.581. The summed E-state index contributed by atoms with van der Waals surface area (Å²) in [5, 5.41) is 2.76. The van der Waals surface area contributed by atoms with Gasteiger partial charge >= 0.3 is 0 Å². The first kappa shape index (κ1) is 13.5. The van der Waals surface area contributed by atoms with Crippen LogP contribution >= 0.6 is 15.9 Å². The Morgan fingerprint density at radius 1 is 1.06 bits per heavy atom. The van der Waals surface area contributed by atoms with Crippen molar-refractivity contribution in [3.8, 4) is 0 Å². The molecule has 0 saturated carbocycles. The molecule has 96 valence electrons. The van der Waals surface area contributed by atoms with Crippen molar-refractivity contribution in [2.24, 2.45) is 0 Å². The molecule has 0 atom stereocenters. The number of rotatable bonds is 5. The Balaban J connectivity index is 2.30. The second-order valence-corrected chi connectivity index (χ2v) is 6.51. The first-order valence-electron chi connectivity index (χ1n) is 5.68. The average molecular weight is 328 g/mol. The fourth-order valence-electron chi connectivity index (χ4n) is 1.69. The Morgan fingerprint density at radius 3 is 2.50 bits per heavy atom. The van der Waals surface area contributed by atoms with E-state index in [2.05, 4.69) is 20.7 Å². The fraction of sp³-hybridized carbons (Fsp3) is 0.231. The summed E-state index contributed by atoms with van der Waals surface area (Å²) in [4.78, 5) is 0.316. The maximum absolute atomic E-state index is 12.0. The van der Waals surface area contributed by atoms with Crippen LogP contribution in [0.25, 0.3) is 10.8 Å². The normalized spacial score (nSPS) is 11.8. The second-order valence-electron chi connectivity index (χ2n) is 3.95. The van der Waals surface area contributed by atoms with Gasteiger partial charge in [-0.15, -0.1) is 0 Å². The number of nitrogens with one attached hydrogen (secondary N) is 1. The summed E-state index contributed by atoms with van der Waals surface area (Å²) in [6.45, 7) is 0.445. The van der Waals surface area contributed by atoms with Gasteiger partial charge in [0.05, 0.1) is 4.90 Å². The van der Waals surface area contributed by atoms with Crippen molar-refractivity contribution < 1.29 is 8.42 Å². The topological polar surface area (TPSA) is 46.2 Å². The highest BCUT2D eigenvalue weighted by atomic mass is 79.9. The SMILES string of the molecule is O=S(=O)(NCCCBr)c1ccc2ccccc2c1. The van der Waals surface area contributed by atoms with Gasteiger partial charge in [-0.05, 0) is 29.3 Å². The van der Waals surface area contributed by atoms with Crippen LogP contribution in [0.1, 0.15) is 6.42 Å². The highest BCUT2D eigenvalue weighted by Crippen LogP contribution is 2.18. The van der Waals surface area contributed by atoms with Gasteiger partial charge in [0.15, 0.2) is 0 Å². The molecule has 1 N–H and O–H groups in total. The van der Waals surface area contributed by atoms with Crippen molar-refractivity contribution in [2.75, 3.05) is 11.9 Å². The van der Waals surface area contributed by atoms with Crippen LogP contribution in [0.5, 0.6) is 0 Å². The van der Waals surface area contributed by atoms with Gasteiger partial charge in [0, 0.05) is 11.9 Å². The smallest absolute Gasteiger partial charge is 0.211 e. The zero-order valence-electron chi connectivity index (χ0n) is 9.77. The molecule has 0 aromatic heterocycles. The van der Waals surface area contributed by atoms with Crippen LogP contribution < -0.4 is 4.72 Å². The van der Waals surface area contributed by atoms with E-state index in [4.69, 9.17) is 0 Å². The first-order valence-corrected chi connectivity index (χ1v) is 8.28. The quantitative estimate of drug-likeness (QED) is 0.678. The molecule has 2 aromatic carbocycles. The standard InChI is InChI=1S/C13H14BrNO2S/c14-8-3-9-15-18(16,17)13-7-6-11-4-1-2-5-12(11)10-13/h1-2,4-7,10,15H,3,8-9H2. The van der Waals surface area contributed by atoms with Crippen molar-refractivity contribution in [1.29, 1.82) is 0 Å². The Kier molecular flexibility index (Phi) is 4.37. The number of alkyl halides is 1. The van der Waals surface area contributed by atoms with Crippen molar-refractivity contribution in [3.63, 3.8) is 0 Å². The Hall–Kier alpha value is -0.910. The van der Waals surface area contributed by atoms with E-state index in [1.807, 2.05) is 30.3 Å². The van der Waals surface area contributed by atoms with Crippen LogP contribution in [0.4, 0.5) is 0 Å². The largest absolute Gasteiger partial charge is 0.240 e. The van der Waals surface area contributed by atoms with Crippen molar-refractivity contribution in [2.45, 2.75) is 11.3 Å². The molecule has 0 saturated heterocycles. The summed E-state index contributed by atoms with van der Waals surface area (Å²) >= 11 is 3.27. The molecule has 2 aromatic rings. The third-order valence-corrected chi connectivity index (χ3v) is 4.65. The third-order valence-electron chi connectivity index (χ3n) is 2.63. The molecule has 0 aliphatic carbocycles. The molecule has 0 unspecified atom stereocenters. The zero-order valence-corrected chi connectivity index (χ0v) is 12.2. The monoisotopic (exact) mass is 327 g/mol. The van der Waals surface area contributed by atoms with Gasteiger partial charge < -0.3 is 0 Å². The number of hydrogen-bond donors (Lipinski definition) is 1. The second kappa shape index (κ2) is 5.82. The van der Waals surface area contributed by atoms with E-state index in [1.165, 1.54) is 0 Å². The molecule has 5 heteroatoms. The summed E-state index contributed by atoms with van der Waals surface area (Å²) in [5.41, 5.74) is 0. The van der Waals surface area contributed by atoms with E-state index in [0.29, 0.717) is 11.4 Å². The van der Waals surface area contributed by atoms with Crippen LogP contribution in [0.15, 0.2) is 47.4 Å². The zero-order chi connectivity index (χ0) is 13.0. The Labute approximate surface area is 115 Å². The van der Waals surface area contributed by atoms with Crippen LogP contribution in [-0.2, 0) is 10.0 Å². The molecule has 0 heterocycles. The fourth-order valence-corrected chi connectivity index (χ4v) is 3.08. The molecule has 0 aliphatic rings. The van der Waals surface area contributed by atoms with E-state index in [9.17, 15) is 8.42 Å². The summed E-state index contributed by atoms with van der Waals surface area (Å²) in [7, 11) is -3.39. The van der Waals surface area contributed by atoms with E-state index < -0.39 is 10.0 Å². The lowest BCUT2D eigenvalue weighted by Crippen LogP contribution is -2.24. The number of benzene rings is 2. The first-order chi connectivity index (χ1) is 8.63. The summed E-state index contributed by atoms with van der Waals surface area (Å²) in [6, 6.07) is 12.9. The molecular formula is C13H14BrNO2S. The van der Waals surface area contributed by atoms with Gasteiger partial charge in [-0.3, -0.25) is 0 Å². The number of hydrogen-bond acceptors (Lipinski definition) is 2. The lowest BCUT2D eigenvalue weighted by atomic mass is 10.1. The predicted octanol–water partition coefficient (Wildman–Crippen LogP) is 2.90. The molecule has 0 amide bonds. The molecule has 0 spiro atoms. The molecular weight excluding hydrogens is 314 g/mol. The van der Waals surface area contributed by atoms with Gasteiger partial charge in [0.1, 0.15) is 0 Å². The maximum atomic E-state index is 12.0. The number of halogens is 1. The van der Waals surface area contributed by atoms with Crippen LogP contribution in [0, 0.1) is 0 Å². The maximum Gasteiger partial charge on any atom is 0.240 e. The molecule has 0 fully saturated rings. The molecule has 0 bridgehead atoms. The number of sulfonamides is 1. The molecule has 3 nitrogen and oxygen atoms in total. The van der Waals surface area contributed by atoms with Crippen molar-refractivity contribution in [3.05, 3.63) is 42.5 Å².